The highest BCUT2D eigenvalue weighted by Crippen LogP contribution is 2.35. The topological polar surface area (TPSA) is 56.3 Å². The van der Waals surface area contributed by atoms with Gasteiger partial charge in [-0.25, -0.2) is 9.97 Å². The largest absolute Gasteiger partial charge is 0.497 e. The second kappa shape index (κ2) is 5.57. The molecule has 0 aliphatic rings. The average molecular weight is 301 g/mol. The highest BCUT2D eigenvalue weighted by molar-refractivity contribution is 7.18. The Labute approximate surface area is 126 Å². The second-order valence-electron chi connectivity index (χ2n) is 4.51. The van der Waals surface area contributed by atoms with Gasteiger partial charge >= 0.3 is 0 Å². The average Bonchev–Trinajstić information content (AvgIpc) is 2.90. The van der Waals surface area contributed by atoms with E-state index in [1.807, 2.05) is 25.1 Å². The van der Waals surface area contributed by atoms with Gasteiger partial charge in [0.25, 0.3) is 0 Å². The van der Waals surface area contributed by atoms with E-state index in [2.05, 4.69) is 20.7 Å². The van der Waals surface area contributed by atoms with E-state index in [9.17, 15) is 0 Å². The molecule has 2 aromatic heterocycles. The molecule has 0 radical (unpaired) electrons. The van der Waals surface area contributed by atoms with Crippen LogP contribution in [0.5, 0.6) is 11.5 Å². The number of hydrogen-bond donors (Lipinski definition) is 1. The third-order valence-corrected chi connectivity index (χ3v) is 4.28. The van der Waals surface area contributed by atoms with Crippen LogP contribution < -0.4 is 14.8 Å². The van der Waals surface area contributed by atoms with E-state index in [1.54, 1.807) is 31.9 Å². The molecule has 0 aliphatic heterocycles. The molecule has 1 aromatic carbocycles. The van der Waals surface area contributed by atoms with Gasteiger partial charge in [0.05, 0.1) is 30.1 Å². The van der Waals surface area contributed by atoms with Gasteiger partial charge < -0.3 is 14.8 Å². The molecule has 0 spiro atoms. The smallest absolute Gasteiger partial charge is 0.151 e. The monoisotopic (exact) mass is 301 g/mol. The van der Waals surface area contributed by atoms with Gasteiger partial charge in [0.1, 0.15) is 17.8 Å². The highest BCUT2D eigenvalue weighted by Gasteiger charge is 2.11. The number of rotatable bonds is 4. The quantitative estimate of drug-likeness (QED) is 0.795. The molecule has 0 unspecified atom stereocenters. The number of methoxy groups -OCH3 is 2. The minimum absolute atomic E-state index is 0.732. The molecule has 0 saturated carbocycles. The van der Waals surface area contributed by atoms with Crippen molar-refractivity contribution in [1.29, 1.82) is 0 Å². The van der Waals surface area contributed by atoms with Gasteiger partial charge in [-0.3, -0.25) is 0 Å². The lowest BCUT2D eigenvalue weighted by Crippen LogP contribution is -1.98. The third-order valence-electron chi connectivity index (χ3n) is 3.19. The van der Waals surface area contributed by atoms with Crippen LogP contribution in [0, 0.1) is 6.92 Å². The van der Waals surface area contributed by atoms with Crippen LogP contribution in [0.2, 0.25) is 0 Å². The summed E-state index contributed by atoms with van der Waals surface area (Å²) in [5, 5.41) is 5.39. The second-order valence-corrected chi connectivity index (χ2v) is 5.39. The zero-order valence-electron chi connectivity index (χ0n) is 12.0. The molecule has 0 fully saturated rings. The summed E-state index contributed by atoms with van der Waals surface area (Å²) < 4.78 is 11.7. The first kappa shape index (κ1) is 13.6. The molecule has 2 heterocycles. The van der Waals surface area contributed by atoms with Crippen molar-refractivity contribution in [2.75, 3.05) is 19.5 Å². The Hall–Kier alpha value is -2.34. The van der Waals surface area contributed by atoms with Crippen molar-refractivity contribution in [2.45, 2.75) is 6.92 Å². The number of hydrogen-bond acceptors (Lipinski definition) is 6. The SMILES string of the molecule is COc1ccc(OC)c(Nc2ncnc3c(C)csc23)c1. The van der Waals surface area contributed by atoms with Crippen molar-refractivity contribution in [1.82, 2.24) is 9.97 Å². The van der Waals surface area contributed by atoms with Gasteiger partial charge in [0.15, 0.2) is 5.82 Å². The summed E-state index contributed by atoms with van der Waals surface area (Å²) in [6, 6.07) is 5.60. The maximum Gasteiger partial charge on any atom is 0.151 e. The lowest BCUT2D eigenvalue weighted by Gasteiger charge is -2.12. The Morgan fingerprint density at radius 2 is 2.00 bits per heavy atom. The number of thiophene rings is 1. The van der Waals surface area contributed by atoms with Gasteiger partial charge in [-0.15, -0.1) is 11.3 Å². The maximum absolute atomic E-state index is 5.38. The van der Waals surface area contributed by atoms with Gasteiger partial charge in [0, 0.05) is 6.07 Å². The first-order valence-corrected chi connectivity index (χ1v) is 7.28. The molecule has 1 N–H and O–H groups in total. The number of nitrogens with one attached hydrogen (secondary N) is 1. The Morgan fingerprint density at radius 3 is 2.76 bits per heavy atom. The molecule has 0 bridgehead atoms. The Kier molecular flexibility index (Phi) is 3.62. The van der Waals surface area contributed by atoms with Crippen LogP contribution >= 0.6 is 11.3 Å². The number of ether oxygens (including phenoxy) is 2. The van der Waals surface area contributed by atoms with Crippen molar-refractivity contribution in [3.63, 3.8) is 0 Å². The summed E-state index contributed by atoms with van der Waals surface area (Å²) in [4.78, 5) is 8.66. The number of aromatic nitrogens is 2. The van der Waals surface area contributed by atoms with E-state index >= 15 is 0 Å². The van der Waals surface area contributed by atoms with E-state index in [1.165, 1.54) is 0 Å². The van der Waals surface area contributed by atoms with Gasteiger partial charge in [-0.1, -0.05) is 0 Å². The molecule has 0 atom stereocenters. The van der Waals surface area contributed by atoms with Crippen LogP contribution in [0.1, 0.15) is 5.56 Å². The highest BCUT2D eigenvalue weighted by atomic mass is 32.1. The summed E-state index contributed by atoms with van der Waals surface area (Å²) in [6.07, 6.45) is 1.57. The zero-order chi connectivity index (χ0) is 14.8. The zero-order valence-corrected chi connectivity index (χ0v) is 12.8. The molecule has 0 amide bonds. The number of nitrogens with zero attached hydrogens (tertiary/aromatic N) is 2. The fourth-order valence-electron chi connectivity index (χ4n) is 2.10. The molecule has 0 saturated heterocycles. The van der Waals surface area contributed by atoms with Crippen molar-refractivity contribution in [2.24, 2.45) is 0 Å². The van der Waals surface area contributed by atoms with E-state index in [0.29, 0.717) is 0 Å². The Morgan fingerprint density at radius 1 is 1.14 bits per heavy atom. The molecule has 0 aliphatic carbocycles. The molecule has 3 aromatic rings. The van der Waals surface area contributed by atoms with Gasteiger partial charge in [0.2, 0.25) is 0 Å². The molecule has 5 nitrogen and oxygen atoms in total. The normalized spacial score (nSPS) is 10.6. The number of fused-ring (bicyclic) bond motifs is 1. The lowest BCUT2D eigenvalue weighted by atomic mass is 10.2. The van der Waals surface area contributed by atoms with E-state index in [4.69, 9.17) is 9.47 Å². The molecular weight excluding hydrogens is 286 g/mol. The first-order chi connectivity index (χ1) is 10.2. The van der Waals surface area contributed by atoms with Gasteiger partial charge in [-0.2, -0.15) is 0 Å². The van der Waals surface area contributed by atoms with E-state index in [-0.39, 0.29) is 0 Å². The summed E-state index contributed by atoms with van der Waals surface area (Å²) >= 11 is 1.62. The first-order valence-electron chi connectivity index (χ1n) is 6.40. The summed E-state index contributed by atoms with van der Waals surface area (Å²) in [6.45, 7) is 2.04. The van der Waals surface area contributed by atoms with Crippen LogP contribution in [0.25, 0.3) is 10.2 Å². The van der Waals surface area contributed by atoms with Gasteiger partial charge in [-0.05, 0) is 30.0 Å². The Balaban J connectivity index is 2.06. The fraction of sp³-hybridized carbons (Fsp3) is 0.200. The summed E-state index contributed by atoms with van der Waals surface area (Å²) in [5.41, 5.74) is 2.93. The van der Waals surface area contributed by atoms with Crippen LogP contribution in [-0.2, 0) is 0 Å². The summed E-state index contributed by atoms with van der Waals surface area (Å²) in [5.74, 6) is 2.26. The van der Waals surface area contributed by atoms with E-state index in [0.717, 1.165) is 38.8 Å². The minimum atomic E-state index is 0.732. The lowest BCUT2D eigenvalue weighted by molar-refractivity contribution is 0.405. The predicted molar refractivity (Wildman–Crippen MR) is 85.0 cm³/mol. The molecule has 3 rings (SSSR count). The van der Waals surface area contributed by atoms with Crippen LogP contribution in [0.4, 0.5) is 11.5 Å². The molecule has 6 heteroatoms. The van der Waals surface area contributed by atoms with Crippen LogP contribution in [0.3, 0.4) is 0 Å². The predicted octanol–water partition coefficient (Wildman–Crippen LogP) is 3.76. The fourth-order valence-corrected chi connectivity index (χ4v) is 3.04. The molecule has 108 valence electrons. The third kappa shape index (κ3) is 2.50. The summed E-state index contributed by atoms with van der Waals surface area (Å²) in [7, 11) is 3.27. The number of benzene rings is 1. The van der Waals surface area contributed by atoms with E-state index < -0.39 is 0 Å². The van der Waals surface area contributed by atoms with Crippen LogP contribution in [0.15, 0.2) is 29.9 Å². The molecule has 21 heavy (non-hydrogen) atoms. The minimum Gasteiger partial charge on any atom is -0.497 e. The maximum atomic E-state index is 5.38. The number of aryl methyl sites for hydroxylation is 1. The van der Waals surface area contributed by atoms with Crippen LogP contribution in [-0.4, -0.2) is 24.2 Å². The number of anilines is 2. The standard InChI is InChI=1S/C15H15N3O2S/c1-9-7-21-14-13(9)16-8-17-15(14)18-11-6-10(19-2)4-5-12(11)20-3/h4-8H,1-3H3,(H,16,17,18). The molecular formula is C15H15N3O2S. The Bertz CT molecular complexity index is 786. The van der Waals surface area contributed by atoms with Crippen molar-refractivity contribution in [3.8, 4) is 11.5 Å². The van der Waals surface area contributed by atoms with Crippen molar-refractivity contribution >= 4 is 33.1 Å². The van der Waals surface area contributed by atoms with Crippen molar-refractivity contribution in [3.05, 3.63) is 35.5 Å². The van der Waals surface area contributed by atoms with Crippen molar-refractivity contribution < 1.29 is 9.47 Å².